The molecule has 0 bridgehead atoms. The van der Waals surface area contributed by atoms with Crippen LogP contribution in [0.3, 0.4) is 0 Å². The van der Waals surface area contributed by atoms with E-state index >= 15 is 0 Å². The summed E-state index contributed by atoms with van der Waals surface area (Å²) < 4.78 is 16.5. The van der Waals surface area contributed by atoms with E-state index in [-0.39, 0.29) is 11.9 Å². The topological polar surface area (TPSA) is 80.7 Å². The molecule has 2 aliphatic rings. The van der Waals surface area contributed by atoms with Gasteiger partial charge in [0.1, 0.15) is 17.3 Å². The van der Waals surface area contributed by atoms with Crippen LogP contribution in [0.1, 0.15) is 52.6 Å². The fraction of sp³-hybridized carbons (Fsp3) is 0.556. The van der Waals surface area contributed by atoms with E-state index in [4.69, 9.17) is 13.7 Å². The first-order valence-electron chi connectivity index (χ1n) is 8.83. The molecule has 134 valence electrons. The molecule has 25 heavy (non-hydrogen) atoms. The number of carbonyl (C=O) groups is 1. The highest BCUT2D eigenvalue weighted by molar-refractivity contribution is 5.92. The van der Waals surface area contributed by atoms with Crippen LogP contribution in [0.25, 0.3) is 0 Å². The van der Waals surface area contributed by atoms with E-state index in [0.717, 1.165) is 43.2 Å². The standard InChI is InChI=1S/C18H23N3O4/c1-12-2-5-16(24-12)15(21-6-8-23-9-7-21)11-19-18(22)14-10-17(25-20-14)13-3-4-13/h2,5,10,13,15H,3-4,6-9,11H2,1H3,(H,19,22)/t15-/m1/s1. The summed E-state index contributed by atoms with van der Waals surface area (Å²) in [5.41, 5.74) is 0.346. The van der Waals surface area contributed by atoms with Crippen LogP contribution in [0.2, 0.25) is 0 Å². The maximum atomic E-state index is 12.4. The summed E-state index contributed by atoms with van der Waals surface area (Å²) in [4.78, 5) is 14.7. The van der Waals surface area contributed by atoms with Gasteiger partial charge in [0.25, 0.3) is 5.91 Å². The van der Waals surface area contributed by atoms with Crippen LogP contribution in [-0.4, -0.2) is 48.8 Å². The van der Waals surface area contributed by atoms with Crippen molar-refractivity contribution in [1.29, 1.82) is 0 Å². The second kappa shape index (κ2) is 7.01. The van der Waals surface area contributed by atoms with Crippen molar-refractivity contribution >= 4 is 5.91 Å². The molecule has 2 fully saturated rings. The normalized spacial score (nSPS) is 19.7. The Hall–Kier alpha value is -2.12. The number of hydrogen-bond acceptors (Lipinski definition) is 6. The van der Waals surface area contributed by atoms with E-state index in [1.807, 2.05) is 19.1 Å². The van der Waals surface area contributed by atoms with E-state index in [9.17, 15) is 4.79 Å². The largest absolute Gasteiger partial charge is 0.465 e. The number of hydrogen-bond donors (Lipinski definition) is 1. The number of amides is 1. The number of morpholine rings is 1. The predicted octanol–water partition coefficient (Wildman–Crippen LogP) is 2.26. The number of aryl methyl sites for hydroxylation is 1. The van der Waals surface area contributed by atoms with E-state index in [1.54, 1.807) is 6.07 Å². The molecule has 1 saturated carbocycles. The molecule has 0 spiro atoms. The molecule has 1 saturated heterocycles. The Morgan fingerprint density at radius 3 is 2.84 bits per heavy atom. The number of carbonyl (C=O) groups excluding carboxylic acids is 1. The molecule has 7 nitrogen and oxygen atoms in total. The molecule has 1 amide bonds. The summed E-state index contributed by atoms with van der Waals surface area (Å²) >= 11 is 0. The van der Waals surface area contributed by atoms with E-state index in [0.29, 0.717) is 31.4 Å². The van der Waals surface area contributed by atoms with Gasteiger partial charge in [-0.3, -0.25) is 9.69 Å². The molecule has 4 rings (SSSR count). The summed E-state index contributed by atoms with van der Waals surface area (Å²) in [5, 5.41) is 6.87. The van der Waals surface area contributed by atoms with Crippen molar-refractivity contribution in [3.8, 4) is 0 Å². The van der Waals surface area contributed by atoms with Gasteiger partial charge in [-0.25, -0.2) is 0 Å². The molecule has 2 aromatic heterocycles. The quantitative estimate of drug-likeness (QED) is 0.865. The minimum Gasteiger partial charge on any atom is -0.465 e. The smallest absolute Gasteiger partial charge is 0.273 e. The number of nitrogens with one attached hydrogen (secondary N) is 1. The van der Waals surface area contributed by atoms with Crippen molar-refractivity contribution in [2.24, 2.45) is 0 Å². The molecule has 3 heterocycles. The first kappa shape index (κ1) is 16.4. The van der Waals surface area contributed by atoms with Crippen molar-refractivity contribution in [1.82, 2.24) is 15.4 Å². The average Bonchev–Trinajstić information content (AvgIpc) is 3.20. The zero-order valence-electron chi connectivity index (χ0n) is 14.4. The minimum absolute atomic E-state index is 0.0173. The lowest BCUT2D eigenvalue weighted by Gasteiger charge is -2.33. The second-order valence-corrected chi connectivity index (χ2v) is 6.71. The average molecular weight is 345 g/mol. The summed E-state index contributed by atoms with van der Waals surface area (Å²) in [6.45, 7) is 5.40. The Morgan fingerprint density at radius 2 is 2.16 bits per heavy atom. The molecular formula is C18H23N3O4. The fourth-order valence-corrected chi connectivity index (χ4v) is 3.17. The van der Waals surface area contributed by atoms with E-state index < -0.39 is 0 Å². The van der Waals surface area contributed by atoms with Crippen LogP contribution < -0.4 is 5.32 Å². The van der Waals surface area contributed by atoms with Gasteiger partial charge in [-0.1, -0.05) is 5.16 Å². The van der Waals surface area contributed by atoms with Crippen LogP contribution >= 0.6 is 0 Å². The van der Waals surface area contributed by atoms with Gasteiger partial charge in [0.05, 0.1) is 19.3 Å². The number of furan rings is 1. The lowest BCUT2D eigenvalue weighted by Crippen LogP contribution is -2.43. The zero-order chi connectivity index (χ0) is 17.2. The second-order valence-electron chi connectivity index (χ2n) is 6.71. The third-order valence-electron chi connectivity index (χ3n) is 4.77. The van der Waals surface area contributed by atoms with Crippen LogP contribution in [-0.2, 0) is 4.74 Å². The highest BCUT2D eigenvalue weighted by Crippen LogP contribution is 2.40. The molecule has 1 aliphatic heterocycles. The van der Waals surface area contributed by atoms with Gasteiger partial charge in [-0.15, -0.1) is 0 Å². The highest BCUT2D eigenvalue weighted by Gasteiger charge is 2.30. The van der Waals surface area contributed by atoms with Crippen LogP contribution in [0.5, 0.6) is 0 Å². The summed E-state index contributed by atoms with van der Waals surface area (Å²) in [6, 6.07) is 5.66. The summed E-state index contributed by atoms with van der Waals surface area (Å²) in [6.07, 6.45) is 2.24. The summed E-state index contributed by atoms with van der Waals surface area (Å²) in [7, 11) is 0. The van der Waals surface area contributed by atoms with E-state index in [2.05, 4.69) is 15.4 Å². The number of aromatic nitrogens is 1. The number of nitrogens with zero attached hydrogens (tertiary/aromatic N) is 2. The molecule has 0 aromatic carbocycles. The molecule has 0 radical (unpaired) electrons. The third-order valence-corrected chi connectivity index (χ3v) is 4.77. The van der Waals surface area contributed by atoms with Crippen LogP contribution in [0, 0.1) is 6.92 Å². The molecular weight excluding hydrogens is 322 g/mol. The van der Waals surface area contributed by atoms with Gasteiger partial charge in [0.2, 0.25) is 0 Å². The lowest BCUT2D eigenvalue weighted by atomic mass is 10.1. The molecule has 0 unspecified atom stereocenters. The maximum Gasteiger partial charge on any atom is 0.273 e. The van der Waals surface area contributed by atoms with Crippen LogP contribution in [0.4, 0.5) is 0 Å². The fourth-order valence-electron chi connectivity index (χ4n) is 3.17. The molecule has 1 N–H and O–H groups in total. The molecule has 7 heteroatoms. The monoisotopic (exact) mass is 345 g/mol. The molecule has 2 aromatic rings. The van der Waals surface area contributed by atoms with Gasteiger partial charge in [0, 0.05) is 31.6 Å². The first-order valence-corrected chi connectivity index (χ1v) is 8.83. The van der Waals surface area contributed by atoms with Crippen molar-refractivity contribution in [2.75, 3.05) is 32.8 Å². The van der Waals surface area contributed by atoms with Gasteiger partial charge < -0.3 is 19.0 Å². The van der Waals surface area contributed by atoms with Gasteiger partial charge in [0.15, 0.2) is 5.69 Å². The summed E-state index contributed by atoms with van der Waals surface area (Å²) in [5.74, 6) is 2.78. The van der Waals surface area contributed by atoms with E-state index in [1.165, 1.54) is 0 Å². The number of ether oxygens (including phenoxy) is 1. The Bertz CT molecular complexity index is 728. The zero-order valence-corrected chi connectivity index (χ0v) is 14.4. The van der Waals surface area contributed by atoms with Crippen molar-refractivity contribution in [3.05, 3.63) is 41.2 Å². The van der Waals surface area contributed by atoms with Gasteiger partial charge in [-0.2, -0.15) is 0 Å². The van der Waals surface area contributed by atoms with Gasteiger partial charge >= 0.3 is 0 Å². The van der Waals surface area contributed by atoms with Crippen molar-refractivity contribution < 1.29 is 18.5 Å². The molecule has 1 atom stereocenters. The lowest BCUT2D eigenvalue weighted by molar-refractivity contribution is 0.0116. The maximum absolute atomic E-state index is 12.4. The highest BCUT2D eigenvalue weighted by atomic mass is 16.5. The Kier molecular flexibility index (Phi) is 4.59. The Labute approximate surface area is 146 Å². The van der Waals surface area contributed by atoms with Gasteiger partial charge in [-0.05, 0) is 31.9 Å². The Balaban J connectivity index is 1.43. The van der Waals surface area contributed by atoms with Crippen molar-refractivity contribution in [3.63, 3.8) is 0 Å². The van der Waals surface area contributed by atoms with Crippen molar-refractivity contribution in [2.45, 2.75) is 31.7 Å². The van der Waals surface area contributed by atoms with Crippen LogP contribution in [0.15, 0.2) is 27.1 Å². The predicted molar refractivity (Wildman–Crippen MR) is 89.4 cm³/mol. The first-order chi connectivity index (χ1) is 12.2. The third kappa shape index (κ3) is 3.77. The Morgan fingerprint density at radius 1 is 1.36 bits per heavy atom. The number of rotatable bonds is 6. The minimum atomic E-state index is -0.211. The SMILES string of the molecule is Cc1ccc([C@@H](CNC(=O)c2cc(C3CC3)on2)N2CCOCC2)o1. The molecule has 1 aliphatic carbocycles.